The molecule has 26 heavy (non-hydrogen) atoms. The molecular weight excluding hydrogens is 373 g/mol. The third-order valence-corrected chi connectivity index (χ3v) is 3.55. The SMILES string of the molecule is CCOC(=O)CC(=O)c1ccc(C(F)(F)F)nc1Nc1ccccc1Cl. The van der Waals surface area contributed by atoms with Gasteiger partial charge in [0.1, 0.15) is 17.9 Å². The second-order valence-electron chi connectivity index (χ2n) is 5.10. The number of anilines is 2. The van der Waals surface area contributed by atoms with Gasteiger partial charge < -0.3 is 10.1 Å². The number of esters is 1. The zero-order valence-electron chi connectivity index (χ0n) is 13.6. The molecule has 0 radical (unpaired) electrons. The van der Waals surface area contributed by atoms with Crippen LogP contribution in [-0.2, 0) is 15.7 Å². The van der Waals surface area contributed by atoms with E-state index in [9.17, 15) is 22.8 Å². The van der Waals surface area contributed by atoms with E-state index in [2.05, 4.69) is 15.0 Å². The van der Waals surface area contributed by atoms with Gasteiger partial charge in [-0.05, 0) is 31.2 Å². The maximum Gasteiger partial charge on any atom is 0.433 e. The lowest BCUT2D eigenvalue weighted by molar-refractivity contribution is -0.142. The molecular formula is C17H14ClF3N2O3. The number of pyridine rings is 1. The molecule has 1 aromatic carbocycles. The molecule has 0 bridgehead atoms. The molecule has 0 saturated heterocycles. The van der Waals surface area contributed by atoms with Crippen LogP contribution in [0.3, 0.4) is 0 Å². The molecule has 0 amide bonds. The summed E-state index contributed by atoms with van der Waals surface area (Å²) in [4.78, 5) is 27.3. The maximum atomic E-state index is 13.0. The number of alkyl halides is 3. The lowest BCUT2D eigenvalue weighted by atomic mass is 10.1. The molecule has 0 fully saturated rings. The van der Waals surface area contributed by atoms with Gasteiger partial charge in [-0.1, -0.05) is 23.7 Å². The average molecular weight is 387 g/mol. The van der Waals surface area contributed by atoms with Gasteiger partial charge in [-0.3, -0.25) is 9.59 Å². The molecule has 1 N–H and O–H groups in total. The normalized spacial score (nSPS) is 11.1. The summed E-state index contributed by atoms with van der Waals surface area (Å²) in [7, 11) is 0. The van der Waals surface area contributed by atoms with Crippen LogP contribution in [0.25, 0.3) is 0 Å². The minimum absolute atomic E-state index is 0.0854. The number of carbonyl (C=O) groups is 2. The number of hydrogen-bond acceptors (Lipinski definition) is 5. The predicted molar refractivity (Wildman–Crippen MR) is 89.6 cm³/mol. The first-order chi connectivity index (χ1) is 12.2. The summed E-state index contributed by atoms with van der Waals surface area (Å²) in [6, 6.07) is 7.94. The van der Waals surface area contributed by atoms with Gasteiger partial charge in [-0.15, -0.1) is 0 Å². The Morgan fingerprint density at radius 3 is 2.50 bits per heavy atom. The molecule has 138 valence electrons. The highest BCUT2D eigenvalue weighted by Crippen LogP contribution is 2.32. The number of nitrogens with zero attached hydrogens (tertiary/aromatic N) is 1. The first-order valence-electron chi connectivity index (χ1n) is 7.51. The fourth-order valence-electron chi connectivity index (χ4n) is 2.07. The molecule has 0 aliphatic heterocycles. The van der Waals surface area contributed by atoms with E-state index in [1.165, 1.54) is 12.1 Å². The number of para-hydroxylation sites is 1. The van der Waals surface area contributed by atoms with E-state index < -0.39 is 30.0 Å². The lowest BCUT2D eigenvalue weighted by Gasteiger charge is -2.14. The maximum absolute atomic E-state index is 13.0. The highest BCUT2D eigenvalue weighted by molar-refractivity contribution is 6.33. The first-order valence-corrected chi connectivity index (χ1v) is 7.88. The molecule has 2 aromatic rings. The third kappa shape index (κ3) is 4.95. The monoisotopic (exact) mass is 386 g/mol. The van der Waals surface area contributed by atoms with Crippen LogP contribution in [0.4, 0.5) is 24.7 Å². The average Bonchev–Trinajstić information content (AvgIpc) is 2.56. The number of benzene rings is 1. The van der Waals surface area contributed by atoms with E-state index in [1.807, 2.05) is 0 Å². The van der Waals surface area contributed by atoms with Gasteiger partial charge in [-0.25, -0.2) is 4.98 Å². The van der Waals surface area contributed by atoms with E-state index in [0.717, 1.165) is 6.07 Å². The number of Topliss-reactive ketones (excluding diaryl/α,β-unsaturated/α-hetero) is 1. The number of rotatable bonds is 6. The Balaban J connectivity index is 2.42. The second-order valence-corrected chi connectivity index (χ2v) is 5.51. The first kappa shape index (κ1) is 19.7. The summed E-state index contributed by atoms with van der Waals surface area (Å²) >= 11 is 5.99. The minimum atomic E-state index is -4.69. The van der Waals surface area contributed by atoms with Crippen LogP contribution in [0.5, 0.6) is 0 Å². The van der Waals surface area contributed by atoms with E-state index in [0.29, 0.717) is 6.07 Å². The van der Waals surface area contributed by atoms with Gasteiger partial charge in [0.2, 0.25) is 0 Å². The van der Waals surface area contributed by atoms with Gasteiger partial charge in [0, 0.05) is 0 Å². The van der Waals surface area contributed by atoms with Crippen LogP contribution in [0.1, 0.15) is 29.4 Å². The van der Waals surface area contributed by atoms with Crippen LogP contribution in [0.2, 0.25) is 5.02 Å². The standard InChI is InChI=1S/C17H14ClF3N2O3/c1-2-26-15(25)9-13(24)10-7-8-14(17(19,20)21)23-16(10)22-12-6-4-3-5-11(12)18/h3-8H,2,9H2,1H3,(H,22,23). The largest absolute Gasteiger partial charge is 0.466 e. The highest BCUT2D eigenvalue weighted by Gasteiger charge is 2.33. The van der Waals surface area contributed by atoms with Gasteiger partial charge in [0.25, 0.3) is 0 Å². The van der Waals surface area contributed by atoms with Gasteiger partial charge >= 0.3 is 12.1 Å². The Labute approximate surface area is 152 Å². The van der Waals surface area contributed by atoms with Crippen LogP contribution in [-0.4, -0.2) is 23.3 Å². The van der Waals surface area contributed by atoms with Crippen molar-refractivity contribution in [2.75, 3.05) is 11.9 Å². The lowest BCUT2D eigenvalue weighted by Crippen LogP contribution is -2.16. The fourth-order valence-corrected chi connectivity index (χ4v) is 2.25. The van der Waals surface area contributed by atoms with Crippen LogP contribution in [0.15, 0.2) is 36.4 Å². The number of carbonyl (C=O) groups excluding carboxylic acids is 2. The van der Waals surface area contributed by atoms with Crippen molar-refractivity contribution >= 4 is 34.9 Å². The summed E-state index contributed by atoms with van der Waals surface area (Å²) in [5.41, 5.74) is -1.09. The predicted octanol–water partition coefficient (Wildman–Crippen LogP) is 4.63. The molecule has 2 rings (SSSR count). The van der Waals surface area contributed by atoms with Crippen molar-refractivity contribution in [1.82, 2.24) is 4.98 Å². The Hall–Kier alpha value is -2.61. The molecule has 9 heteroatoms. The van der Waals surface area contributed by atoms with Gasteiger partial charge in [0.15, 0.2) is 5.78 Å². The topological polar surface area (TPSA) is 68.3 Å². The van der Waals surface area contributed by atoms with E-state index in [-0.39, 0.29) is 28.7 Å². The molecule has 0 spiro atoms. The Bertz CT molecular complexity index is 825. The van der Waals surface area contributed by atoms with Crippen molar-refractivity contribution in [2.45, 2.75) is 19.5 Å². The molecule has 0 saturated carbocycles. The number of ether oxygens (including phenoxy) is 1. The zero-order chi connectivity index (χ0) is 19.3. The number of halogens is 4. The van der Waals surface area contributed by atoms with E-state index >= 15 is 0 Å². The summed E-state index contributed by atoms with van der Waals surface area (Å²) < 4.78 is 43.5. The fraction of sp³-hybridized carbons (Fsp3) is 0.235. The van der Waals surface area contributed by atoms with E-state index in [1.54, 1.807) is 19.1 Å². The van der Waals surface area contributed by atoms with Crippen molar-refractivity contribution in [2.24, 2.45) is 0 Å². The van der Waals surface area contributed by atoms with Crippen molar-refractivity contribution in [3.63, 3.8) is 0 Å². The summed E-state index contributed by atoms with van der Waals surface area (Å²) in [6.07, 6.45) is -5.31. The molecule has 5 nitrogen and oxygen atoms in total. The van der Waals surface area contributed by atoms with E-state index in [4.69, 9.17) is 11.6 Å². The number of nitrogens with one attached hydrogen (secondary N) is 1. The number of aromatic nitrogens is 1. The van der Waals surface area contributed by atoms with Crippen LogP contribution >= 0.6 is 11.6 Å². The summed E-state index contributed by atoms with van der Waals surface area (Å²) in [5, 5.41) is 2.86. The molecule has 0 aliphatic carbocycles. The summed E-state index contributed by atoms with van der Waals surface area (Å²) in [5.74, 6) is -1.84. The van der Waals surface area contributed by atoms with Crippen LogP contribution in [0, 0.1) is 0 Å². The second kappa shape index (κ2) is 8.18. The van der Waals surface area contributed by atoms with Gasteiger partial charge in [-0.2, -0.15) is 13.2 Å². The van der Waals surface area contributed by atoms with Crippen molar-refractivity contribution in [1.29, 1.82) is 0 Å². The van der Waals surface area contributed by atoms with Crippen LogP contribution < -0.4 is 5.32 Å². The molecule has 1 aromatic heterocycles. The summed E-state index contributed by atoms with van der Waals surface area (Å²) in [6.45, 7) is 1.66. The Kier molecular flexibility index (Phi) is 6.20. The minimum Gasteiger partial charge on any atom is -0.466 e. The van der Waals surface area contributed by atoms with Crippen molar-refractivity contribution in [3.05, 3.63) is 52.7 Å². The quantitative estimate of drug-likeness (QED) is 0.445. The molecule has 1 heterocycles. The Morgan fingerprint density at radius 1 is 1.19 bits per heavy atom. The molecule has 0 atom stereocenters. The van der Waals surface area contributed by atoms with Gasteiger partial charge in [0.05, 0.1) is 22.9 Å². The molecule has 0 aliphatic rings. The number of hydrogen-bond donors (Lipinski definition) is 1. The van der Waals surface area contributed by atoms with Crippen molar-refractivity contribution in [3.8, 4) is 0 Å². The highest BCUT2D eigenvalue weighted by atomic mass is 35.5. The Morgan fingerprint density at radius 2 is 1.88 bits per heavy atom. The smallest absolute Gasteiger partial charge is 0.433 e. The van der Waals surface area contributed by atoms with Crippen molar-refractivity contribution < 1.29 is 27.5 Å². The molecule has 0 unspecified atom stereocenters. The third-order valence-electron chi connectivity index (χ3n) is 3.22. The zero-order valence-corrected chi connectivity index (χ0v) is 14.3. The number of ketones is 1.